The molecule has 27 heavy (non-hydrogen) atoms. The van der Waals surface area contributed by atoms with Crippen molar-refractivity contribution in [3.63, 3.8) is 0 Å². The molecule has 1 saturated heterocycles. The third-order valence-electron chi connectivity index (χ3n) is 4.90. The van der Waals surface area contributed by atoms with E-state index in [1.54, 1.807) is 12.0 Å². The SMILES string of the molecule is CCOC(=O)N1CCC(NC(N)=NCCC(C)c2ccc(OC)cc2)CC1. The Balaban J connectivity index is 1.70. The minimum absolute atomic E-state index is 0.231. The number of aliphatic imine (C=N–C) groups is 1. The van der Waals surface area contributed by atoms with Gasteiger partial charge in [0.05, 0.1) is 13.7 Å². The van der Waals surface area contributed by atoms with Crippen LogP contribution in [0.2, 0.25) is 0 Å². The fourth-order valence-electron chi connectivity index (χ4n) is 3.15. The van der Waals surface area contributed by atoms with Gasteiger partial charge in [-0.3, -0.25) is 4.99 Å². The molecule has 1 aromatic rings. The van der Waals surface area contributed by atoms with Crippen molar-refractivity contribution in [3.05, 3.63) is 29.8 Å². The van der Waals surface area contributed by atoms with E-state index in [0.717, 1.165) is 25.0 Å². The third kappa shape index (κ3) is 6.66. The molecule has 1 aliphatic rings. The number of carbonyl (C=O) groups excluding carboxylic acids is 1. The molecule has 0 spiro atoms. The highest BCUT2D eigenvalue weighted by Crippen LogP contribution is 2.21. The van der Waals surface area contributed by atoms with E-state index in [4.69, 9.17) is 15.2 Å². The molecule has 0 aromatic heterocycles. The Labute approximate surface area is 161 Å². The monoisotopic (exact) mass is 376 g/mol. The maximum Gasteiger partial charge on any atom is 0.409 e. The van der Waals surface area contributed by atoms with Gasteiger partial charge in [0.2, 0.25) is 0 Å². The Kier molecular flexibility index (Phi) is 8.23. The first-order valence-electron chi connectivity index (χ1n) is 9.65. The number of methoxy groups -OCH3 is 1. The molecule has 1 fully saturated rings. The number of guanidine groups is 1. The van der Waals surface area contributed by atoms with Crippen LogP contribution in [-0.4, -0.2) is 56.3 Å². The molecule has 0 saturated carbocycles. The molecule has 150 valence electrons. The van der Waals surface area contributed by atoms with Crippen molar-refractivity contribution < 1.29 is 14.3 Å². The first-order valence-corrected chi connectivity index (χ1v) is 9.65. The maximum absolute atomic E-state index is 11.7. The molecule has 1 aromatic carbocycles. The molecule has 3 N–H and O–H groups in total. The molecule has 7 nitrogen and oxygen atoms in total. The summed E-state index contributed by atoms with van der Waals surface area (Å²) in [5, 5.41) is 3.27. The number of hydrogen-bond donors (Lipinski definition) is 2. The van der Waals surface area contributed by atoms with Gasteiger partial charge in [-0.05, 0) is 49.8 Å². The Morgan fingerprint density at radius 1 is 1.33 bits per heavy atom. The Morgan fingerprint density at radius 3 is 2.59 bits per heavy atom. The van der Waals surface area contributed by atoms with Gasteiger partial charge in [0, 0.05) is 25.7 Å². The number of hydrogen-bond acceptors (Lipinski definition) is 4. The third-order valence-corrected chi connectivity index (χ3v) is 4.90. The summed E-state index contributed by atoms with van der Waals surface area (Å²) in [6.45, 7) is 6.45. The summed E-state index contributed by atoms with van der Waals surface area (Å²) >= 11 is 0. The van der Waals surface area contributed by atoms with E-state index in [9.17, 15) is 4.79 Å². The van der Waals surface area contributed by atoms with E-state index in [0.29, 0.717) is 38.1 Å². The number of carbonyl (C=O) groups is 1. The van der Waals surface area contributed by atoms with Crippen LogP contribution in [0.25, 0.3) is 0 Å². The summed E-state index contributed by atoms with van der Waals surface area (Å²) < 4.78 is 10.2. The maximum atomic E-state index is 11.7. The first kappa shape index (κ1) is 20.9. The van der Waals surface area contributed by atoms with Gasteiger partial charge in [-0.2, -0.15) is 0 Å². The summed E-state index contributed by atoms with van der Waals surface area (Å²) in [5.74, 6) is 1.75. The van der Waals surface area contributed by atoms with Gasteiger partial charge < -0.3 is 25.4 Å². The van der Waals surface area contributed by atoms with Crippen LogP contribution in [0.5, 0.6) is 5.75 Å². The molecular formula is C20H32N4O3. The fraction of sp³-hybridized carbons (Fsp3) is 0.600. The van der Waals surface area contributed by atoms with E-state index < -0.39 is 0 Å². The number of rotatable bonds is 7. The smallest absolute Gasteiger partial charge is 0.409 e. The van der Waals surface area contributed by atoms with Gasteiger partial charge >= 0.3 is 6.09 Å². The van der Waals surface area contributed by atoms with E-state index in [-0.39, 0.29) is 12.1 Å². The standard InChI is InChI=1S/C20H32N4O3/c1-4-27-20(25)24-13-10-17(11-14-24)23-19(21)22-12-9-15(2)16-5-7-18(26-3)8-6-16/h5-8,15,17H,4,9-14H2,1-3H3,(H3,21,22,23). The van der Waals surface area contributed by atoms with Crippen LogP contribution in [0.15, 0.2) is 29.3 Å². The lowest BCUT2D eigenvalue weighted by molar-refractivity contribution is 0.0963. The average molecular weight is 377 g/mol. The highest BCUT2D eigenvalue weighted by molar-refractivity contribution is 5.78. The van der Waals surface area contributed by atoms with Crippen LogP contribution in [-0.2, 0) is 4.74 Å². The van der Waals surface area contributed by atoms with Crippen LogP contribution in [0, 0.1) is 0 Å². The van der Waals surface area contributed by atoms with Crippen molar-refractivity contribution in [3.8, 4) is 5.75 Å². The lowest BCUT2D eigenvalue weighted by atomic mass is 9.98. The zero-order chi connectivity index (χ0) is 19.6. The topological polar surface area (TPSA) is 89.2 Å². The minimum atomic E-state index is -0.231. The van der Waals surface area contributed by atoms with Crippen molar-refractivity contribution in [1.82, 2.24) is 10.2 Å². The second-order valence-electron chi connectivity index (χ2n) is 6.83. The summed E-state index contributed by atoms with van der Waals surface area (Å²) in [6, 6.07) is 8.39. The fourth-order valence-corrected chi connectivity index (χ4v) is 3.15. The molecule has 7 heteroatoms. The lowest BCUT2D eigenvalue weighted by Gasteiger charge is -2.31. The number of ether oxygens (including phenoxy) is 2. The van der Waals surface area contributed by atoms with Crippen molar-refractivity contribution in [2.75, 3.05) is 33.4 Å². The highest BCUT2D eigenvalue weighted by Gasteiger charge is 2.23. The van der Waals surface area contributed by atoms with E-state index in [2.05, 4.69) is 29.4 Å². The van der Waals surface area contributed by atoms with E-state index in [1.807, 2.05) is 19.1 Å². The van der Waals surface area contributed by atoms with Crippen LogP contribution in [0.3, 0.4) is 0 Å². The Morgan fingerprint density at radius 2 is 2.00 bits per heavy atom. The summed E-state index contributed by atoms with van der Waals surface area (Å²) in [4.78, 5) is 17.9. The number of amides is 1. The number of benzene rings is 1. The second-order valence-corrected chi connectivity index (χ2v) is 6.83. The lowest BCUT2D eigenvalue weighted by Crippen LogP contribution is -2.48. The summed E-state index contributed by atoms with van der Waals surface area (Å²) in [6.07, 6.45) is 2.38. The molecule has 1 aliphatic heterocycles. The van der Waals surface area contributed by atoms with Crippen molar-refractivity contribution in [2.45, 2.75) is 45.1 Å². The number of piperidine rings is 1. The molecule has 1 unspecified atom stereocenters. The van der Waals surface area contributed by atoms with Gasteiger partial charge in [-0.25, -0.2) is 4.79 Å². The second kappa shape index (κ2) is 10.6. The Hall–Kier alpha value is -2.44. The van der Waals surface area contributed by atoms with E-state index >= 15 is 0 Å². The summed E-state index contributed by atoms with van der Waals surface area (Å²) in [7, 11) is 1.67. The zero-order valence-corrected chi connectivity index (χ0v) is 16.6. The van der Waals surface area contributed by atoms with Crippen LogP contribution < -0.4 is 15.8 Å². The normalized spacial score (nSPS) is 16.7. The van der Waals surface area contributed by atoms with Crippen LogP contribution in [0.1, 0.15) is 44.6 Å². The molecule has 0 radical (unpaired) electrons. The zero-order valence-electron chi connectivity index (χ0n) is 16.6. The number of nitrogens with one attached hydrogen (secondary N) is 1. The number of nitrogens with zero attached hydrogens (tertiary/aromatic N) is 2. The van der Waals surface area contributed by atoms with Crippen molar-refractivity contribution in [1.29, 1.82) is 0 Å². The predicted octanol–water partition coefficient (Wildman–Crippen LogP) is 2.71. The number of likely N-dealkylation sites (tertiary alicyclic amines) is 1. The molecule has 1 amide bonds. The van der Waals surface area contributed by atoms with Crippen molar-refractivity contribution >= 4 is 12.1 Å². The van der Waals surface area contributed by atoms with Crippen LogP contribution in [0.4, 0.5) is 4.79 Å². The molecule has 1 atom stereocenters. The quantitative estimate of drug-likeness (QED) is 0.564. The Bertz CT molecular complexity index is 610. The van der Waals surface area contributed by atoms with Crippen LogP contribution >= 0.6 is 0 Å². The molecule has 0 aliphatic carbocycles. The number of nitrogens with two attached hydrogens (primary N) is 1. The molecule has 0 bridgehead atoms. The summed E-state index contributed by atoms with van der Waals surface area (Å²) in [5.41, 5.74) is 7.29. The molecular weight excluding hydrogens is 344 g/mol. The molecule has 1 heterocycles. The van der Waals surface area contributed by atoms with Gasteiger partial charge in [0.15, 0.2) is 5.96 Å². The van der Waals surface area contributed by atoms with E-state index in [1.165, 1.54) is 5.56 Å². The van der Waals surface area contributed by atoms with Gasteiger partial charge in [0.25, 0.3) is 0 Å². The largest absolute Gasteiger partial charge is 0.497 e. The highest BCUT2D eigenvalue weighted by atomic mass is 16.6. The van der Waals surface area contributed by atoms with Gasteiger partial charge in [-0.15, -0.1) is 0 Å². The molecule has 2 rings (SSSR count). The predicted molar refractivity (Wildman–Crippen MR) is 107 cm³/mol. The van der Waals surface area contributed by atoms with Gasteiger partial charge in [0.1, 0.15) is 5.75 Å². The minimum Gasteiger partial charge on any atom is -0.497 e. The van der Waals surface area contributed by atoms with Gasteiger partial charge in [-0.1, -0.05) is 19.1 Å². The average Bonchev–Trinajstić information content (AvgIpc) is 2.68. The first-order chi connectivity index (χ1) is 13.0. The van der Waals surface area contributed by atoms with Crippen molar-refractivity contribution in [2.24, 2.45) is 10.7 Å².